The molecule has 0 saturated carbocycles. The third kappa shape index (κ3) is 3.01. The van der Waals surface area contributed by atoms with E-state index in [4.69, 9.17) is 0 Å². The first kappa shape index (κ1) is 12.0. The van der Waals surface area contributed by atoms with Gasteiger partial charge < -0.3 is 4.90 Å². The highest BCUT2D eigenvalue weighted by Gasteiger charge is 2.21. The Hall–Kier alpha value is -0.480. The Labute approximate surface area is 105 Å². The number of halogens is 1. The van der Waals surface area contributed by atoms with Crippen LogP contribution in [0.25, 0.3) is 0 Å². The Balaban J connectivity index is 2.02. The van der Waals surface area contributed by atoms with Crippen molar-refractivity contribution in [2.75, 3.05) is 13.1 Å². The van der Waals surface area contributed by atoms with Crippen LogP contribution in [0.1, 0.15) is 31.9 Å². The molecule has 0 bridgehead atoms. The predicted octanol–water partition coefficient (Wildman–Crippen LogP) is 2.66. The van der Waals surface area contributed by atoms with Crippen LogP contribution in [0.15, 0.2) is 16.7 Å². The lowest BCUT2D eigenvalue weighted by Crippen LogP contribution is -2.40. The lowest BCUT2D eigenvalue weighted by atomic mass is 9.98. The molecule has 2 rings (SSSR count). The van der Waals surface area contributed by atoms with Crippen molar-refractivity contribution in [3.63, 3.8) is 0 Å². The van der Waals surface area contributed by atoms with E-state index < -0.39 is 0 Å². The van der Waals surface area contributed by atoms with E-state index in [-0.39, 0.29) is 0 Å². The predicted molar refractivity (Wildman–Crippen MR) is 68.3 cm³/mol. The Morgan fingerprint density at radius 1 is 1.50 bits per heavy atom. The van der Waals surface area contributed by atoms with Crippen LogP contribution < -0.4 is 0 Å². The molecule has 0 amide bonds. The van der Waals surface area contributed by atoms with Crippen LogP contribution in [-0.4, -0.2) is 34.2 Å². The molecular weight excluding hydrogens is 266 g/mol. The Morgan fingerprint density at radius 3 is 3.12 bits per heavy atom. The maximum atomic E-state index is 4.20. The highest BCUT2D eigenvalue weighted by molar-refractivity contribution is 9.10. The number of aromatic nitrogens is 2. The minimum atomic E-state index is 0.655. The van der Waals surface area contributed by atoms with Gasteiger partial charge >= 0.3 is 0 Å². The van der Waals surface area contributed by atoms with Crippen molar-refractivity contribution < 1.29 is 0 Å². The molecule has 1 saturated heterocycles. The summed E-state index contributed by atoms with van der Waals surface area (Å²) in [6, 6.07) is 2.73. The number of likely N-dealkylation sites (N-methyl/N-ethyl adjacent to an activating group) is 1. The number of hydrogen-bond acceptors (Lipinski definition) is 3. The first-order chi connectivity index (χ1) is 7.79. The smallest absolute Gasteiger partial charge is 0.0657 e. The molecule has 0 spiro atoms. The van der Waals surface area contributed by atoms with E-state index in [1.165, 1.54) is 25.8 Å². The van der Waals surface area contributed by atoms with Gasteiger partial charge in [0.15, 0.2) is 0 Å². The van der Waals surface area contributed by atoms with Crippen LogP contribution in [0.4, 0.5) is 0 Å². The van der Waals surface area contributed by atoms with Crippen LogP contribution >= 0.6 is 15.9 Å². The van der Waals surface area contributed by atoms with Crippen LogP contribution in [-0.2, 0) is 6.42 Å². The SMILES string of the molecule is CCN1CCCCC1Cc1cc(Br)cnn1. The Bertz CT molecular complexity index is 343. The second-order valence-corrected chi connectivity index (χ2v) is 5.26. The molecule has 1 aliphatic rings. The van der Waals surface area contributed by atoms with Crippen molar-refractivity contribution in [2.45, 2.75) is 38.6 Å². The maximum Gasteiger partial charge on any atom is 0.0657 e. The van der Waals surface area contributed by atoms with E-state index in [9.17, 15) is 0 Å². The van der Waals surface area contributed by atoms with Gasteiger partial charge in [0, 0.05) is 16.9 Å². The molecular formula is C12H18BrN3. The summed E-state index contributed by atoms with van der Waals surface area (Å²) in [4.78, 5) is 2.56. The summed E-state index contributed by atoms with van der Waals surface area (Å²) in [6.45, 7) is 4.62. The van der Waals surface area contributed by atoms with Gasteiger partial charge in [0.25, 0.3) is 0 Å². The van der Waals surface area contributed by atoms with Gasteiger partial charge in [-0.2, -0.15) is 10.2 Å². The summed E-state index contributed by atoms with van der Waals surface area (Å²) >= 11 is 3.44. The molecule has 0 aromatic carbocycles. The van der Waals surface area contributed by atoms with Crippen molar-refractivity contribution in [3.8, 4) is 0 Å². The molecule has 0 N–H and O–H groups in total. The van der Waals surface area contributed by atoms with Crippen LogP contribution in [0.2, 0.25) is 0 Å². The van der Waals surface area contributed by atoms with Gasteiger partial charge in [-0.3, -0.25) is 0 Å². The minimum absolute atomic E-state index is 0.655. The summed E-state index contributed by atoms with van der Waals surface area (Å²) in [5, 5.41) is 8.18. The summed E-state index contributed by atoms with van der Waals surface area (Å²) in [7, 11) is 0. The fourth-order valence-electron chi connectivity index (χ4n) is 2.43. The topological polar surface area (TPSA) is 29.0 Å². The molecule has 3 nitrogen and oxygen atoms in total. The fourth-order valence-corrected chi connectivity index (χ4v) is 2.79. The molecule has 0 aliphatic carbocycles. The zero-order valence-electron chi connectivity index (χ0n) is 9.69. The average Bonchev–Trinajstić information content (AvgIpc) is 2.30. The molecule has 1 fully saturated rings. The highest BCUT2D eigenvalue weighted by Crippen LogP contribution is 2.20. The van der Waals surface area contributed by atoms with Gasteiger partial charge in [-0.1, -0.05) is 13.3 Å². The number of piperidine rings is 1. The normalized spacial score (nSPS) is 22.2. The van der Waals surface area contributed by atoms with Gasteiger partial charge in [-0.05, 0) is 47.9 Å². The lowest BCUT2D eigenvalue weighted by Gasteiger charge is -2.34. The van der Waals surface area contributed by atoms with Crippen molar-refractivity contribution in [2.24, 2.45) is 0 Å². The van der Waals surface area contributed by atoms with E-state index in [2.05, 4.69) is 44.0 Å². The fraction of sp³-hybridized carbons (Fsp3) is 0.667. The molecule has 1 unspecified atom stereocenters. The molecule has 1 aromatic heterocycles. The molecule has 2 heterocycles. The number of nitrogens with zero attached hydrogens (tertiary/aromatic N) is 3. The molecule has 16 heavy (non-hydrogen) atoms. The zero-order chi connectivity index (χ0) is 11.4. The van der Waals surface area contributed by atoms with E-state index >= 15 is 0 Å². The second kappa shape index (κ2) is 5.73. The molecule has 0 radical (unpaired) electrons. The highest BCUT2D eigenvalue weighted by atomic mass is 79.9. The number of hydrogen-bond donors (Lipinski definition) is 0. The van der Waals surface area contributed by atoms with E-state index in [0.717, 1.165) is 23.1 Å². The van der Waals surface area contributed by atoms with Crippen molar-refractivity contribution in [3.05, 3.63) is 22.4 Å². The third-order valence-corrected chi connectivity index (χ3v) is 3.71. The Morgan fingerprint density at radius 2 is 2.38 bits per heavy atom. The number of rotatable bonds is 3. The monoisotopic (exact) mass is 283 g/mol. The van der Waals surface area contributed by atoms with E-state index in [0.29, 0.717) is 6.04 Å². The molecule has 88 valence electrons. The van der Waals surface area contributed by atoms with Crippen molar-refractivity contribution in [1.29, 1.82) is 0 Å². The largest absolute Gasteiger partial charge is 0.300 e. The molecule has 1 aromatic rings. The summed E-state index contributed by atoms with van der Waals surface area (Å²) in [5.74, 6) is 0. The van der Waals surface area contributed by atoms with E-state index in [1.54, 1.807) is 6.20 Å². The lowest BCUT2D eigenvalue weighted by molar-refractivity contribution is 0.154. The summed E-state index contributed by atoms with van der Waals surface area (Å²) in [5.41, 5.74) is 1.10. The summed E-state index contributed by atoms with van der Waals surface area (Å²) < 4.78 is 1.02. The van der Waals surface area contributed by atoms with Crippen LogP contribution in [0, 0.1) is 0 Å². The van der Waals surface area contributed by atoms with Crippen molar-refractivity contribution >= 4 is 15.9 Å². The summed E-state index contributed by atoms with van der Waals surface area (Å²) in [6.07, 6.45) is 6.75. The van der Waals surface area contributed by atoms with Gasteiger partial charge in [-0.15, -0.1) is 0 Å². The number of likely N-dealkylation sites (tertiary alicyclic amines) is 1. The van der Waals surface area contributed by atoms with Gasteiger partial charge in [0.1, 0.15) is 0 Å². The van der Waals surface area contributed by atoms with Crippen molar-refractivity contribution in [1.82, 2.24) is 15.1 Å². The van der Waals surface area contributed by atoms with Gasteiger partial charge in [0.2, 0.25) is 0 Å². The van der Waals surface area contributed by atoms with Crippen LogP contribution in [0.5, 0.6) is 0 Å². The Kier molecular flexibility index (Phi) is 4.29. The third-order valence-electron chi connectivity index (χ3n) is 3.27. The first-order valence-electron chi connectivity index (χ1n) is 6.00. The average molecular weight is 284 g/mol. The molecule has 1 atom stereocenters. The quantitative estimate of drug-likeness (QED) is 0.854. The van der Waals surface area contributed by atoms with Gasteiger partial charge in [0.05, 0.1) is 11.9 Å². The second-order valence-electron chi connectivity index (χ2n) is 4.35. The van der Waals surface area contributed by atoms with Crippen LogP contribution in [0.3, 0.4) is 0 Å². The van der Waals surface area contributed by atoms with E-state index in [1.807, 2.05) is 0 Å². The maximum absolute atomic E-state index is 4.20. The standard InChI is InChI=1S/C12H18BrN3/c1-2-16-6-4-3-5-12(16)8-11-7-10(13)9-14-15-11/h7,9,12H,2-6,8H2,1H3. The zero-order valence-corrected chi connectivity index (χ0v) is 11.3. The molecule has 1 aliphatic heterocycles. The first-order valence-corrected chi connectivity index (χ1v) is 6.80. The molecule has 4 heteroatoms. The van der Waals surface area contributed by atoms with Gasteiger partial charge in [-0.25, -0.2) is 0 Å². The minimum Gasteiger partial charge on any atom is -0.300 e.